The zero-order valence-electron chi connectivity index (χ0n) is 6.89. The van der Waals surface area contributed by atoms with Crippen LogP contribution in [0.25, 0.3) is 0 Å². The SMILES string of the molecule is O=C=NC(=O)C(Cl)(Cl)Cl.O=C=NC(Cl)(Cl)Cl. The number of isocyanates is 2. The Bertz CT molecular complexity index is 333. The molecular weight excluding hydrogens is 349 g/mol. The molecule has 0 radical (unpaired) electrons. The van der Waals surface area contributed by atoms with Crippen molar-refractivity contribution in [1.29, 1.82) is 0 Å². The second-order valence-corrected chi connectivity index (χ2v) is 6.18. The van der Waals surface area contributed by atoms with Crippen molar-refractivity contribution in [3.63, 3.8) is 0 Å². The highest BCUT2D eigenvalue weighted by molar-refractivity contribution is 6.76. The van der Waals surface area contributed by atoms with Crippen molar-refractivity contribution < 1.29 is 14.4 Å². The van der Waals surface area contributed by atoms with E-state index in [9.17, 15) is 14.4 Å². The van der Waals surface area contributed by atoms with Crippen molar-refractivity contribution in [2.45, 2.75) is 7.71 Å². The first-order valence-corrected chi connectivity index (χ1v) is 5.16. The van der Waals surface area contributed by atoms with Gasteiger partial charge in [0.25, 0.3) is 7.71 Å². The van der Waals surface area contributed by atoms with E-state index in [2.05, 4.69) is 9.98 Å². The second-order valence-electron chi connectivity index (χ2n) is 1.68. The fraction of sp³-hybridized carbons (Fsp3) is 0.400. The molecule has 0 aliphatic carbocycles. The van der Waals surface area contributed by atoms with Gasteiger partial charge < -0.3 is 0 Å². The molecule has 0 fully saturated rings. The second kappa shape index (κ2) is 8.29. The molecule has 0 N–H and O–H groups in total. The molecule has 0 aliphatic rings. The van der Waals surface area contributed by atoms with Crippen LogP contribution in [-0.2, 0) is 14.4 Å². The Morgan fingerprint density at radius 3 is 1.44 bits per heavy atom. The lowest BCUT2D eigenvalue weighted by molar-refractivity contribution is -0.116. The van der Waals surface area contributed by atoms with Crippen LogP contribution in [0.1, 0.15) is 0 Å². The molecule has 0 heterocycles. The summed E-state index contributed by atoms with van der Waals surface area (Å²) in [7, 11) is 0. The molecular formula is C5Cl6N2O3. The summed E-state index contributed by atoms with van der Waals surface area (Å²) in [5.41, 5.74) is 0. The number of hydrogen-bond donors (Lipinski definition) is 0. The number of rotatable bonds is 0. The Morgan fingerprint density at radius 1 is 0.938 bits per heavy atom. The van der Waals surface area contributed by atoms with Crippen molar-refractivity contribution >= 4 is 87.7 Å². The molecule has 0 aromatic heterocycles. The predicted molar refractivity (Wildman–Crippen MR) is 61.8 cm³/mol. The van der Waals surface area contributed by atoms with Gasteiger partial charge in [-0.3, -0.25) is 4.79 Å². The quantitative estimate of drug-likeness (QED) is 0.292. The van der Waals surface area contributed by atoms with Crippen molar-refractivity contribution in [2.75, 3.05) is 0 Å². The average Bonchev–Trinajstić information content (AvgIpc) is 2.01. The van der Waals surface area contributed by atoms with Gasteiger partial charge in [0.05, 0.1) is 0 Å². The van der Waals surface area contributed by atoms with Crippen LogP contribution < -0.4 is 0 Å². The standard InChI is InChI=1S/C3Cl3NO2.C2Cl3NO/c4-3(5,6)2(9)7-1-8;3-2(4,5)6-1-7. The van der Waals surface area contributed by atoms with Crippen LogP contribution in [0.5, 0.6) is 0 Å². The van der Waals surface area contributed by atoms with Crippen LogP contribution in [0.15, 0.2) is 9.98 Å². The third kappa shape index (κ3) is 14.2. The Balaban J connectivity index is 0. The summed E-state index contributed by atoms with van der Waals surface area (Å²) in [6, 6.07) is 0. The van der Waals surface area contributed by atoms with Crippen LogP contribution in [0.2, 0.25) is 0 Å². The molecule has 0 aliphatic heterocycles. The third-order valence-corrected chi connectivity index (χ3v) is 1.30. The number of carbonyl (C=O) groups excluding carboxylic acids is 3. The van der Waals surface area contributed by atoms with Crippen LogP contribution in [0.4, 0.5) is 0 Å². The van der Waals surface area contributed by atoms with Gasteiger partial charge in [-0.15, -0.1) is 9.98 Å². The lowest BCUT2D eigenvalue weighted by Crippen LogP contribution is -2.15. The molecule has 0 rings (SSSR count). The Morgan fingerprint density at radius 2 is 1.38 bits per heavy atom. The maximum absolute atomic E-state index is 10.2. The van der Waals surface area contributed by atoms with Gasteiger partial charge in [0.2, 0.25) is 12.2 Å². The molecule has 0 unspecified atom stereocenters. The first kappa shape index (κ1) is 18.5. The maximum Gasteiger partial charge on any atom is 0.308 e. The number of hydrogen-bond acceptors (Lipinski definition) is 4. The van der Waals surface area contributed by atoms with E-state index in [1.54, 1.807) is 0 Å². The lowest BCUT2D eigenvalue weighted by atomic mass is 10.7. The molecule has 0 aromatic carbocycles. The van der Waals surface area contributed by atoms with Crippen molar-refractivity contribution in [1.82, 2.24) is 0 Å². The molecule has 16 heavy (non-hydrogen) atoms. The van der Waals surface area contributed by atoms with E-state index >= 15 is 0 Å². The van der Waals surface area contributed by atoms with E-state index in [0.717, 1.165) is 12.2 Å². The zero-order chi connectivity index (χ0) is 13.4. The molecule has 0 spiro atoms. The highest BCUT2D eigenvalue weighted by Crippen LogP contribution is 2.27. The summed E-state index contributed by atoms with van der Waals surface area (Å²) in [5.74, 6) is -1.14. The van der Waals surface area contributed by atoms with Gasteiger partial charge in [0.15, 0.2) is 0 Å². The Kier molecular flexibility index (Phi) is 9.60. The number of carbonyl (C=O) groups is 1. The first-order chi connectivity index (χ1) is 7.04. The fourth-order valence-electron chi connectivity index (χ4n) is 0.157. The lowest BCUT2D eigenvalue weighted by Gasteiger charge is -2.00. The summed E-state index contributed by atoms with van der Waals surface area (Å²) in [4.78, 5) is 34.2. The predicted octanol–water partition coefficient (Wildman–Crippen LogP) is 2.87. The molecule has 0 bridgehead atoms. The van der Waals surface area contributed by atoms with Crippen LogP contribution >= 0.6 is 69.6 Å². The van der Waals surface area contributed by atoms with Gasteiger partial charge in [0.1, 0.15) is 0 Å². The number of amides is 1. The third-order valence-electron chi connectivity index (χ3n) is 0.562. The highest BCUT2D eigenvalue weighted by Gasteiger charge is 2.30. The number of aliphatic imine (C=N–C) groups is 2. The van der Waals surface area contributed by atoms with Crippen LogP contribution in [0.3, 0.4) is 0 Å². The summed E-state index contributed by atoms with van der Waals surface area (Å²) in [5, 5.41) is 0. The van der Waals surface area contributed by atoms with Gasteiger partial charge in [-0.25, -0.2) is 9.59 Å². The molecule has 0 saturated carbocycles. The number of alkyl halides is 6. The maximum atomic E-state index is 10.2. The van der Waals surface area contributed by atoms with E-state index in [-0.39, 0.29) is 0 Å². The summed E-state index contributed by atoms with van der Waals surface area (Å²) in [6.45, 7) is 0. The van der Waals surface area contributed by atoms with Crippen LogP contribution in [-0.4, -0.2) is 25.8 Å². The zero-order valence-corrected chi connectivity index (χ0v) is 11.4. The first-order valence-electron chi connectivity index (χ1n) is 2.89. The van der Waals surface area contributed by atoms with E-state index in [1.807, 2.05) is 0 Å². The summed E-state index contributed by atoms with van der Waals surface area (Å²) >= 11 is 29.7. The minimum atomic E-state index is -2.14. The highest BCUT2D eigenvalue weighted by atomic mass is 35.6. The summed E-state index contributed by atoms with van der Waals surface area (Å²) in [6.07, 6.45) is 2.03. The minimum Gasteiger partial charge on any atom is -0.267 e. The number of nitrogens with zero attached hydrogens (tertiary/aromatic N) is 2. The smallest absolute Gasteiger partial charge is 0.267 e. The van der Waals surface area contributed by atoms with Crippen molar-refractivity contribution in [3.8, 4) is 0 Å². The Labute approximate surface area is 119 Å². The van der Waals surface area contributed by atoms with Gasteiger partial charge >= 0.3 is 5.91 Å². The fourth-order valence-corrected chi connectivity index (χ4v) is 0.387. The van der Waals surface area contributed by atoms with E-state index < -0.39 is 13.6 Å². The molecule has 11 heteroatoms. The van der Waals surface area contributed by atoms with Crippen molar-refractivity contribution in [3.05, 3.63) is 0 Å². The van der Waals surface area contributed by atoms with Crippen LogP contribution in [0, 0.1) is 0 Å². The number of halogens is 6. The minimum absolute atomic E-state index is 0.946. The van der Waals surface area contributed by atoms with E-state index in [4.69, 9.17) is 69.6 Å². The topological polar surface area (TPSA) is 75.9 Å². The molecule has 5 nitrogen and oxygen atoms in total. The van der Waals surface area contributed by atoms with Gasteiger partial charge in [0, 0.05) is 0 Å². The molecule has 0 aromatic rings. The summed E-state index contributed by atoms with van der Waals surface area (Å²) < 4.78 is -3.97. The van der Waals surface area contributed by atoms with Crippen molar-refractivity contribution in [2.24, 2.45) is 9.98 Å². The molecule has 0 saturated heterocycles. The Hall–Kier alpha value is 0.170. The van der Waals surface area contributed by atoms with Gasteiger partial charge in [-0.1, -0.05) is 69.6 Å². The van der Waals surface area contributed by atoms with Gasteiger partial charge in [-0.05, 0) is 0 Å². The van der Waals surface area contributed by atoms with E-state index in [1.165, 1.54) is 0 Å². The molecule has 0 atom stereocenters. The largest absolute Gasteiger partial charge is 0.308 e. The monoisotopic (exact) mass is 346 g/mol. The normalized spacial score (nSPS) is 10.1. The van der Waals surface area contributed by atoms with Gasteiger partial charge in [-0.2, -0.15) is 0 Å². The van der Waals surface area contributed by atoms with E-state index in [0.29, 0.717) is 0 Å². The molecule has 90 valence electrons. The molecule has 1 amide bonds. The average molecular weight is 349 g/mol.